The third kappa shape index (κ3) is 2.94. The third-order valence-electron chi connectivity index (χ3n) is 4.41. The highest BCUT2D eigenvalue weighted by Crippen LogP contribution is 2.21. The fourth-order valence-corrected chi connectivity index (χ4v) is 3.10. The number of benzene rings is 2. The summed E-state index contributed by atoms with van der Waals surface area (Å²) < 4.78 is 31.5. The second kappa shape index (κ2) is 6.73. The summed E-state index contributed by atoms with van der Waals surface area (Å²) in [6.07, 6.45) is 4.46. The van der Waals surface area contributed by atoms with E-state index in [0.29, 0.717) is 5.56 Å². The predicted molar refractivity (Wildman–Crippen MR) is 97.7 cm³/mol. The Kier molecular flexibility index (Phi) is 4.23. The lowest BCUT2D eigenvalue weighted by Gasteiger charge is -2.14. The van der Waals surface area contributed by atoms with Gasteiger partial charge in [-0.2, -0.15) is 5.10 Å². The summed E-state index contributed by atoms with van der Waals surface area (Å²) >= 11 is 0. The Balaban J connectivity index is 1.84. The van der Waals surface area contributed by atoms with E-state index in [1.807, 2.05) is 0 Å². The van der Waals surface area contributed by atoms with Crippen LogP contribution < -0.4 is 5.43 Å². The van der Waals surface area contributed by atoms with Crippen molar-refractivity contribution in [3.8, 4) is 5.69 Å². The van der Waals surface area contributed by atoms with Crippen molar-refractivity contribution in [1.82, 2.24) is 14.3 Å². The largest absolute Gasteiger partial charge is 0.477 e. The molecule has 8 heteroatoms. The van der Waals surface area contributed by atoms with Gasteiger partial charge in [0, 0.05) is 25.1 Å². The maximum Gasteiger partial charge on any atom is 0.341 e. The van der Waals surface area contributed by atoms with Crippen molar-refractivity contribution in [2.75, 3.05) is 0 Å². The van der Waals surface area contributed by atoms with Gasteiger partial charge in [0.2, 0.25) is 5.43 Å². The molecule has 0 aliphatic heterocycles. The van der Waals surface area contributed by atoms with Gasteiger partial charge in [-0.15, -0.1) is 0 Å². The molecule has 0 atom stereocenters. The van der Waals surface area contributed by atoms with Crippen molar-refractivity contribution in [3.63, 3.8) is 0 Å². The monoisotopic (exact) mass is 381 g/mol. The van der Waals surface area contributed by atoms with Crippen LogP contribution in [-0.4, -0.2) is 25.4 Å². The lowest BCUT2D eigenvalue weighted by molar-refractivity contribution is 0.0695. The summed E-state index contributed by atoms with van der Waals surface area (Å²) in [7, 11) is 0. The molecule has 140 valence electrons. The normalized spacial score (nSPS) is 11.1. The molecule has 0 unspecified atom stereocenters. The van der Waals surface area contributed by atoms with E-state index in [4.69, 9.17) is 0 Å². The molecule has 1 N–H and O–H groups in total. The van der Waals surface area contributed by atoms with Gasteiger partial charge in [0.25, 0.3) is 0 Å². The fourth-order valence-electron chi connectivity index (χ4n) is 3.10. The Labute approximate surface area is 156 Å². The topological polar surface area (TPSA) is 77.1 Å². The minimum Gasteiger partial charge on any atom is -0.477 e. The third-order valence-corrected chi connectivity index (χ3v) is 4.41. The first-order valence-electron chi connectivity index (χ1n) is 8.29. The van der Waals surface area contributed by atoms with Crippen LogP contribution >= 0.6 is 0 Å². The Bertz CT molecular complexity index is 1250. The van der Waals surface area contributed by atoms with Crippen LogP contribution in [0.3, 0.4) is 0 Å². The lowest BCUT2D eigenvalue weighted by Crippen LogP contribution is -2.21. The first kappa shape index (κ1) is 17.6. The molecule has 2 heterocycles. The number of aromatic carboxylic acids is 1. The van der Waals surface area contributed by atoms with Crippen molar-refractivity contribution >= 4 is 16.9 Å². The van der Waals surface area contributed by atoms with Crippen molar-refractivity contribution in [2.45, 2.75) is 6.54 Å². The van der Waals surface area contributed by atoms with Gasteiger partial charge in [0.1, 0.15) is 17.2 Å². The molecule has 6 nitrogen and oxygen atoms in total. The van der Waals surface area contributed by atoms with Crippen LogP contribution in [0.15, 0.2) is 65.8 Å². The Morgan fingerprint density at radius 1 is 1.07 bits per heavy atom. The van der Waals surface area contributed by atoms with Gasteiger partial charge in [-0.25, -0.2) is 18.3 Å². The van der Waals surface area contributed by atoms with E-state index in [2.05, 4.69) is 5.10 Å². The van der Waals surface area contributed by atoms with E-state index >= 15 is 0 Å². The second-order valence-electron chi connectivity index (χ2n) is 6.17. The predicted octanol–water partition coefficient (Wildman–Crippen LogP) is 3.21. The Hall–Kier alpha value is -3.81. The molecule has 2 aromatic carbocycles. The molecule has 0 amide bonds. The van der Waals surface area contributed by atoms with Crippen molar-refractivity contribution < 1.29 is 18.7 Å². The van der Waals surface area contributed by atoms with E-state index in [-0.39, 0.29) is 12.1 Å². The minimum absolute atomic E-state index is 0.0524. The number of carboxylic acids is 1. The molecule has 4 rings (SSSR count). The molecule has 0 radical (unpaired) electrons. The quantitative estimate of drug-likeness (QED) is 0.589. The number of carboxylic acid groups (broad SMARTS) is 1. The zero-order valence-corrected chi connectivity index (χ0v) is 14.3. The number of aromatic nitrogens is 3. The zero-order valence-electron chi connectivity index (χ0n) is 14.3. The molecule has 0 fully saturated rings. The van der Waals surface area contributed by atoms with E-state index in [9.17, 15) is 23.5 Å². The van der Waals surface area contributed by atoms with Gasteiger partial charge >= 0.3 is 5.97 Å². The molecule has 0 aliphatic rings. The summed E-state index contributed by atoms with van der Waals surface area (Å²) in [4.78, 5) is 23.7. The number of fused-ring (bicyclic) bond motifs is 1. The number of hydrogen-bond donors (Lipinski definition) is 1. The average molecular weight is 381 g/mol. The highest BCUT2D eigenvalue weighted by molar-refractivity contribution is 5.92. The molecule has 2 aromatic heterocycles. The van der Waals surface area contributed by atoms with E-state index in [1.54, 1.807) is 47.4 Å². The molecule has 0 saturated carbocycles. The summed E-state index contributed by atoms with van der Waals surface area (Å²) in [5, 5.41) is 12.8. The van der Waals surface area contributed by atoms with Crippen LogP contribution in [-0.2, 0) is 6.54 Å². The number of pyridine rings is 1. The SMILES string of the molecule is O=C(O)c1cn(Cc2ccc(-n3cccn3)cc2)c2c(F)ccc(F)c2c1=O. The molecule has 0 aliphatic carbocycles. The van der Waals surface area contributed by atoms with Crippen molar-refractivity contribution in [3.05, 3.63) is 94.0 Å². The highest BCUT2D eigenvalue weighted by Gasteiger charge is 2.20. The number of rotatable bonds is 4. The molecule has 0 spiro atoms. The first-order chi connectivity index (χ1) is 13.5. The summed E-state index contributed by atoms with van der Waals surface area (Å²) in [5.41, 5.74) is -0.427. The summed E-state index contributed by atoms with van der Waals surface area (Å²) in [5.74, 6) is -3.27. The number of halogens is 2. The lowest BCUT2D eigenvalue weighted by atomic mass is 10.1. The van der Waals surface area contributed by atoms with Crippen molar-refractivity contribution in [1.29, 1.82) is 0 Å². The fraction of sp³-hybridized carbons (Fsp3) is 0.0500. The maximum absolute atomic E-state index is 14.4. The molecule has 0 bridgehead atoms. The molecular weight excluding hydrogens is 368 g/mol. The van der Waals surface area contributed by atoms with E-state index in [1.165, 1.54) is 4.57 Å². The van der Waals surface area contributed by atoms with Crippen LogP contribution in [0.5, 0.6) is 0 Å². The van der Waals surface area contributed by atoms with Crippen LogP contribution in [0, 0.1) is 11.6 Å². The van der Waals surface area contributed by atoms with Crippen LogP contribution in [0.2, 0.25) is 0 Å². The van der Waals surface area contributed by atoms with Crippen LogP contribution in [0.4, 0.5) is 8.78 Å². The van der Waals surface area contributed by atoms with Gasteiger partial charge in [-0.05, 0) is 35.9 Å². The average Bonchev–Trinajstić information content (AvgIpc) is 3.21. The summed E-state index contributed by atoms with van der Waals surface area (Å²) in [6.45, 7) is 0.0524. The van der Waals surface area contributed by atoms with Crippen molar-refractivity contribution in [2.24, 2.45) is 0 Å². The van der Waals surface area contributed by atoms with Crippen LogP contribution in [0.1, 0.15) is 15.9 Å². The van der Waals surface area contributed by atoms with E-state index < -0.39 is 34.0 Å². The number of nitrogens with zero attached hydrogens (tertiary/aromatic N) is 3. The zero-order chi connectivity index (χ0) is 19.8. The first-order valence-corrected chi connectivity index (χ1v) is 8.29. The Morgan fingerprint density at radius 3 is 2.43 bits per heavy atom. The smallest absolute Gasteiger partial charge is 0.341 e. The number of hydrogen-bond acceptors (Lipinski definition) is 3. The van der Waals surface area contributed by atoms with Gasteiger partial charge in [0.05, 0.1) is 16.6 Å². The standard InChI is InChI=1S/C20H13F2N3O3/c21-15-6-7-16(22)18-17(15)19(26)14(20(27)28)11-24(18)10-12-2-4-13(5-3-12)25-9-1-8-23-25/h1-9,11H,10H2,(H,27,28). The Morgan fingerprint density at radius 2 is 1.79 bits per heavy atom. The minimum atomic E-state index is -1.50. The van der Waals surface area contributed by atoms with Gasteiger partial charge in [-0.1, -0.05) is 12.1 Å². The van der Waals surface area contributed by atoms with Gasteiger partial charge < -0.3 is 9.67 Å². The second-order valence-corrected chi connectivity index (χ2v) is 6.17. The molecule has 4 aromatic rings. The highest BCUT2D eigenvalue weighted by atomic mass is 19.1. The molecule has 28 heavy (non-hydrogen) atoms. The van der Waals surface area contributed by atoms with Gasteiger partial charge in [-0.3, -0.25) is 4.79 Å². The maximum atomic E-state index is 14.4. The van der Waals surface area contributed by atoms with E-state index in [0.717, 1.165) is 24.0 Å². The van der Waals surface area contributed by atoms with Gasteiger partial charge in [0.15, 0.2) is 0 Å². The van der Waals surface area contributed by atoms with Crippen LogP contribution in [0.25, 0.3) is 16.6 Å². The summed E-state index contributed by atoms with van der Waals surface area (Å²) in [6, 6.07) is 10.6. The molecular formula is C20H13F2N3O3. The molecule has 0 saturated heterocycles. The number of carbonyl (C=O) groups is 1.